The van der Waals surface area contributed by atoms with Crippen molar-refractivity contribution in [2.75, 3.05) is 13.1 Å². The highest BCUT2D eigenvalue weighted by Gasteiger charge is 2.29. The number of hydrogen-bond donors (Lipinski definition) is 3. The topological polar surface area (TPSA) is 78.4 Å². The Kier molecular flexibility index (Phi) is 4.08. The average molecular weight is 214 g/mol. The van der Waals surface area contributed by atoms with Gasteiger partial charge in [-0.15, -0.1) is 0 Å². The van der Waals surface area contributed by atoms with Gasteiger partial charge in [0.2, 0.25) is 5.91 Å². The first kappa shape index (κ1) is 12.0. The van der Waals surface area contributed by atoms with Gasteiger partial charge in [0.15, 0.2) is 0 Å². The summed E-state index contributed by atoms with van der Waals surface area (Å²) in [5.41, 5.74) is 0. The third-order valence-corrected chi connectivity index (χ3v) is 2.87. The van der Waals surface area contributed by atoms with Crippen LogP contribution in [0.4, 0.5) is 0 Å². The second-order valence-electron chi connectivity index (χ2n) is 4.12. The molecule has 0 aromatic carbocycles. The lowest BCUT2D eigenvalue weighted by molar-refractivity contribution is -0.141. The van der Waals surface area contributed by atoms with Crippen molar-refractivity contribution in [1.29, 1.82) is 0 Å². The van der Waals surface area contributed by atoms with Gasteiger partial charge in [-0.05, 0) is 19.9 Å². The van der Waals surface area contributed by atoms with Crippen LogP contribution in [0.15, 0.2) is 0 Å². The van der Waals surface area contributed by atoms with E-state index >= 15 is 0 Å². The Balaban J connectivity index is 2.32. The molecule has 5 heteroatoms. The van der Waals surface area contributed by atoms with Crippen LogP contribution in [-0.4, -0.2) is 36.1 Å². The van der Waals surface area contributed by atoms with Crippen LogP contribution in [0.25, 0.3) is 0 Å². The van der Waals surface area contributed by atoms with Gasteiger partial charge >= 0.3 is 5.97 Å². The summed E-state index contributed by atoms with van der Waals surface area (Å²) in [6.45, 7) is 4.61. The molecule has 1 fully saturated rings. The third-order valence-electron chi connectivity index (χ3n) is 2.87. The van der Waals surface area contributed by atoms with Crippen molar-refractivity contribution in [3.05, 3.63) is 0 Å². The molecule has 0 bridgehead atoms. The number of aliphatic carboxylic acids is 1. The lowest BCUT2D eigenvalue weighted by atomic mass is 10.0. The van der Waals surface area contributed by atoms with E-state index in [1.54, 1.807) is 6.92 Å². The zero-order valence-electron chi connectivity index (χ0n) is 9.12. The minimum Gasteiger partial charge on any atom is -0.481 e. The fourth-order valence-corrected chi connectivity index (χ4v) is 1.69. The van der Waals surface area contributed by atoms with Gasteiger partial charge < -0.3 is 15.7 Å². The number of carboxylic acids is 1. The smallest absolute Gasteiger partial charge is 0.308 e. The van der Waals surface area contributed by atoms with Crippen molar-refractivity contribution in [3.8, 4) is 0 Å². The monoisotopic (exact) mass is 214 g/mol. The summed E-state index contributed by atoms with van der Waals surface area (Å²) in [7, 11) is 0. The summed E-state index contributed by atoms with van der Waals surface area (Å²) < 4.78 is 0. The maximum absolute atomic E-state index is 11.6. The molecule has 0 radical (unpaired) electrons. The first-order chi connectivity index (χ1) is 7.02. The molecule has 1 saturated heterocycles. The van der Waals surface area contributed by atoms with Crippen LogP contribution in [0.2, 0.25) is 0 Å². The first-order valence-electron chi connectivity index (χ1n) is 5.26. The number of carbonyl (C=O) groups excluding carboxylic acids is 1. The van der Waals surface area contributed by atoms with E-state index in [-0.39, 0.29) is 24.4 Å². The second-order valence-corrected chi connectivity index (χ2v) is 4.12. The number of rotatable bonds is 4. The molecule has 5 nitrogen and oxygen atoms in total. The number of hydrogen-bond acceptors (Lipinski definition) is 3. The van der Waals surface area contributed by atoms with Crippen LogP contribution in [-0.2, 0) is 9.59 Å². The van der Waals surface area contributed by atoms with E-state index in [1.165, 1.54) is 0 Å². The molecule has 3 N–H and O–H groups in total. The van der Waals surface area contributed by atoms with Crippen LogP contribution in [0.1, 0.15) is 20.3 Å². The van der Waals surface area contributed by atoms with Crippen LogP contribution in [0, 0.1) is 11.8 Å². The maximum Gasteiger partial charge on any atom is 0.308 e. The Bertz CT molecular complexity index is 255. The molecule has 0 aromatic rings. The molecule has 1 rings (SSSR count). The standard InChI is InChI=1S/C10H18N2O3/c1-6(10(14)15)5-12-9(13)8-3-4-11-7(8)2/h6-8,11H,3-5H2,1-2H3,(H,12,13)(H,14,15). The molecule has 1 amide bonds. The number of nitrogens with one attached hydrogen (secondary N) is 2. The predicted octanol–water partition coefficient (Wildman–Crippen LogP) is -0.179. The Hall–Kier alpha value is -1.10. The van der Waals surface area contributed by atoms with Crippen molar-refractivity contribution in [2.24, 2.45) is 11.8 Å². The molecule has 86 valence electrons. The van der Waals surface area contributed by atoms with Gasteiger partial charge in [0.1, 0.15) is 0 Å². The van der Waals surface area contributed by atoms with Gasteiger partial charge in [-0.1, -0.05) is 6.92 Å². The highest BCUT2D eigenvalue weighted by atomic mass is 16.4. The average Bonchev–Trinajstić information content (AvgIpc) is 2.60. The second kappa shape index (κ2) is 5.11. The lowest BCUT2D eigenvalue weighted by Crippen LogP contribution is -2.39. The van der Waals surface area contributed by atoms with Gasteiger partial charge in [-0.25, -0.2) is 0 Å². The predicted molar refractivity (Wildman–Crippen MR) is 55.4 cm³/mol. The zero-order valence-corrected chi connectivity index (χ0v) is 9.12. The lowest BCUT2D eigenvalue weighted by Gasteiger charge is -2.15. The number of carbonyl (C=O) groups is 2. The highest BCUT2D eigenvalue weighted by molar-refractivity contribution is 5.80. The zero-order chi connectivity index (χ0) is 11.4. The Morgan fingerprint density at radius 2 is 2.27 bits per heavy atom. The van der Waals surface area contributed by atoms with E-state index in [0.29, 0.717) is 0 Å². The van der Waals surface area contributed by atoms with Crippen molar-refractivity contribution in [2.45, 2.75) is 26.3 Å². The molecular formula is C10H18N2O3. The Labute approximate surface area is 89.2 Å². The number of carboxylic acid groups (broad SMARTS) is 1. The summed E-state index contributed by atoms with van der Waals surface area (Å²) >= 11 is 0. The minimum atomic E-state index is -0.882. The van der Waals surface area contributed by atoms with Gasteiger partial charge in [-0.3, -0.25) is 9.59 Å². The van der Waals surface area contributed by atoms with Gasteiger partial charge in [0, 0.05) is 12.6 Å². The summed E-state index contributed by atoms with van der Waals surface area (Å²) in [6, 6.07) is 0.185. The quantitative estimate of drug-likeness (QED) is 0.606. The molecule has 3 atom stereocenters. The van der Waals surface area contributed by atoms with Crippen LogP contribution < -0.4 is 10.6 Å². The molecule has 1 heterocycles. The molecule has 0 saturated carbocycles. The SMILES string of the molecule is CC(CNC(=O)C1CCNC1C)C(=O)O. The Morgan fingerprint density at radius 3 is 2.73 bits per heavy atom. The largest absolute Gasteiger partial charge is 0.481 e. The van der Waals surface area contributed by atoms with E-state index < -0.39 is 11.9 Å². The molecule has 0 spiro atoms. The summed E-state index contributed by atoms with van der Waals surface area (Å²) in [5.74, 6) is -1.47. The summed E-state index contributed by atoms with van der Waals surface area (Å²) in [6.07, 6.45) is 0.828. The molecule has 1 aliphatic rings. The molecule has 15 heavy (non-hydrogen) atoms. The molecular weight excluding hydrogens is 196 g/mol. The summed E-state index contributed by atoms with van der Waals surface area (Å²) in [5, 5.41) is 14.5. The van der Waals surface area contributed by atoms with E-state index in [0.717, 1.165) is 13.0 Å². The van der Waals surface area contributed by atoms with Crippen LogP contribution in [0.3, 0.4) is 0 Å². The highest BCUT2D eigenvalue weighted by Crippen LogP contribution is 2.14. The fraction of sp³-hybridized carbons (Fsp3) is 0.800. The van der Waals surface area contributed by atoms with Crippen molar-refractivity contribution in [3.63, 3.8) is 0 Å². The van der Waals surface area contributed by atoms with Crippen LogP contribution in [0.5, 0.6) is 0 Å². The minimum absolute atomic E-state index is 0.0222. The van der Waals surface area contributed by atoms with Gasteiger partial charge in [-0.2, -0.15) is 0 Å². The molecule has 0 aromatic heterocycles. The van der Waals surface area contributed by atoms with E-state index in [2.05, 4.69) is 10.6 Å². The maximum atomic E-state index is 11.6. The third kappa shape index (κ3) is 3.20. The number of amides is 1. The first-order valence-corrected chi connectivity index (χ1v) is 5.26. The fourth-order valence-electron chi connectivity index (χ4n) is 1.69. The van der Waals surface area contributed by atoms with Crippen molar-refractivity contribution in [1.82, 2.24) is 10.6 Å². The van der Waals surface area contributed by atoms with E-state index in [9.17, 15) is 9.59 Å². The Morgan fingerprint density at radius 1 is 1.60 bits per heavy atom. The van der Waals surface area contributed by atoms with E-state index in [4.69, 9.17) is 5.11 Å². The van der Waals surface area contributed by atoms with E-state index in [1.807, 2.05) is 6.92 Å². The van der Waals surface area contributed by atoms with Crippen LogP contribution >= 0.6 is 0 Å². The molecule has 3 unspecified atom stereocenters. The van der Waals surface area contributed by atoms with Gasteiger partial charge in [0.05, 0.1) is 11.8 Å². The summed E-state index contributed by atoms with van der Waals surface area (Å²) in [4.78, 5) is 22.2. The van der Waals surface area contributed by atoms with Crippen molar-refractivity contribution >= 4 is 11.9 Å². The van der Waals surface area contributed by atoms with Crippen molar-refractivity contribution < 1.29 is 14.7 Å². The molecule has 1 aliphatic heterocycles. The normalized spacial score (nSPS) is 27.3. The van der Waals surface area contributed by atoms with Gasteiger partial charge in [0.25, 0.3) is 0 Å². The molecule has 0 aliphatic carbocycles.